The first-order chi connectivity index (χ1) is 8.04. The van der Waals surface area contributed by atoms with Crippen molar-refractivity contribution >= 4 is 15.9 Å². The number of benzene rings is 1. The van der Waals surface area contributed by atoms with Crippen LogP contribution in [0.3, 0.4) is 0 Å². The summed E-state index contributed by atoms with van der Waals surface area (Å²) in [5.74, 6) is 0.320. The van der Waals surface area contributed by atoms with Gasteiger partial charge in [-0.3, -0.25) is 0 Å². The van der Waals surface area contributed by atoms with Gasteiger partial charge in [0.05, 0.1) is 12.2 Å². The minimum absolute atomic E-state index is 0.0938. The Balaban J connectivity index is 2.62. The fourth-order valence-corrected chi connectivity index (χ4v) is 2.18. The molecule has 1 aromatic rings. The van der Waals surface area contributed by atoms with Gasteiger partial charge in [0.25, 0.3) is 0 Å². The second-order valence-electron chi connectivity index (χ2n) is 4.56. The fraction of sp³-hybridized carbons (Fsp3) is 0.571. The molecule has 0 aliphatic heterocycles. The summed E-state index contributed by atoms with van der Waals surface area (Å²) in [6.07, 6.45) is 0.0932. The SMILES string of the molecule is CCOC(C(C)C)C(O)Cc1ccc(Br)cc1. The Morgan fingerprint density at radius 1 is 1.24 bits per heavy atom. The highest BCUT2D eigenvalue weighted by Gasteiger charge is 2.23. The van der Waals surface area contributed by atoms with Gasteiger partial charge in [-0.15, -0.1) is 0 Å². The third kappa shape index (κ3) is 4.78. The maximum atomic E-state index is 10.2. The second-order valence-corrected chi connectivity index (χ2v) is 5.48. The molecule has 17 heavy (non-hydrogen) atoms. The largest absolute Gasteiger partial charge is 0.390 e. The van der Waals surface area contributed by atoms with E-state index in [1.165, 1.54) is 0 Å². The van der Waals surface area contributed by atoms with Crippen LogP contribution in [-0.2, 0) is 11.2 Å². The Morgan fingerprint density at radius 2 is 1.82 bits per heavy atom. The van der Waals surface area contributed by atoms with E-state index in [4.69, 9.17) is 4.74 Å². The van der Waals surface area contributed by atoms with E-state index in [-0.39, 0.29) is 6.10 Å². The van der Waals surface area contributed by atoms with E-state index in [2.05, 4.69) is 29.8 Å². The topological polar surface area (TPSA) is 29.5 Å². The molecule has 1 aromatic carbocycles. The molecule has 0 bridgehead atoms. The number of rotatable bonds is 6. The van der Waals surface area contributed by atoms with Crippen LogP contribution >= 0.6 is 15.9 Å². The van der Waals surface area contributed by atoms with Crippen molar-refractivity contribution in [3.05, 3.63) is 34.3 Å². The smallest absolute Gasteiger partial charge is 0.0859 e. The van der Waals surface area contributed by atoms with Crippen LogP contribution < -0.4 is 0 Å². The molecular formula is C14H21BrO2. The summed E-state index contributed by atoms with van der Waals surface area (Å²) in [5, 5.41) is 10.2. The molecule has 0 amide bonds. The fourth-order valence-electron chi connectivity index (χ4n) is 1.92. The van der Waals surface area contributed by atoms with Crippen molar-refractivity contribution < 1.29 is 9.84 Å². The number of hydrogen-bond acceptors (Lipinski definition) is 2. The summed E-state index contributed by atoms with van der Waals surface area (Å²) in [4.78, 5) is 0. The van der Waals surface area contributed by atoms with E-state index in [9.17, 15) is 5.11 Å². The quantitative estimate of drug-likeness (QED) is 0.872. The summed E-state index contributed by atoms with van der Waals surface area (Å²) in [5.41, 5.74) is 1.13. The zero-order chi connectivity index (χ0) is 12.8. The van der Waals surface area contributed by atoms with Crippen molar-refractivity contribution in [2.24, 2.45) is 5.92 Å². The molecule has 0 saturated heterocycles. The van der Waals surface area contributed by atoms with Crippen LogP contribution in [0.25, 0.3) is 0 Å². The van der Waals surface area contributed by atoms with Crippen LogP contribution in [-0.4, -0.2) is 23.9 Å². The van der Waals surface area contributed by atoms with Gasteiger partial charge in [0.15, 0.2) is 0 Å². The zero-order valence-electron chi connectivity index (χ0n) is 10.7. The van der Waals surface area contributed by atoms with Crippen LogP contribution in [0.2, 0.25) is 0 Å². The molecule has 2 atom stereocenters. The predicted molar refractivity (Wildman–Crippen MR) is 74.1 cm³/mol. The minimum atomic E-state index is -0.448. The van der Waals surface area contributed by atoms with Crippen LogP contribution in [0.4, 0.5) is 0 Å². The van der Waals surface area contributed by atoms with E-state index in [0.717, 1.165) is 10.0 Å². The summed E-state index contributed by atoms with van der Waals surface area (Å²) >= 11 is 3.40. The van der Waals surface area contributed by atoms with Crippen LogP contribution in [0.5, 0.6) is 0 Å². The van der Waals surface area contributed by atoms with Gasteiger partial charge >= 0.3 is 0 Å². The first-order valence-electron chi connectivity index (χ1n) is 6.08. The standard InChI is InChI=1S/C14H21BrO2/c1-4-17-14(10(2)3)13(16)9-11-5-7-12(15)8-6-11/h5-8,10,13-14,16H,4,9H2,1-3H3. The molecule has 2 unspecified atom stereocenters. The van der Waals surface area contributed by atoms with Gasteiger partial charge in [0.1, 0.15) is 0 Å². The summed E-state index contributed by atoms with van der Waals surface area (Å²) < 4.78 is 6.66. The van der Waals surface area contributed by atoms with E-state index in [1.807, 2.05) is 31.2 Å². The first kappa shape index (κ1) is 14.7. The van der Waals surface area contributed by atoms with Crippen molar-refractivity contribution in [3.8, 4) is 0 Å². The molecule has 0 radical (unpaired) electrons. The van der Waals surface area contributed by atoms with Crippen LogP contribution in [0.15, 0.2) is 28.7 Å². The normalized spacial score (nSPS) is 14.9. The Labute approximate surface area is 112 Å². The van der Waals surface area contributed by atoms with E-state index in [1.54, 1.807) is 0 Å². The maximum Gasteiger partial charge on any atom is 0.0859 e. The number of aliphatic hydroxyl groups is 1. The third-order valence-corrected chi connectivity index (χ3v) is 3.28. The number of ether oxygens (including phenoxy) is 1. The number of aliphatic hydroxyl groups excluding tert-OH is 1. The Morgan fingerprint density at radius 3 is 2.29 bits per heavy atom. The molecule has 0 aliphatic rings. The van der Waals surface area contributed by atoms with E-state index >= 15 is 0 Å². The highest BCUT2D eigenvalue weighted by Crippen LogP contribution is 2.17. The molecule has 1 rings (SSSR count). The van der Waals surface area contributed by atoms with Gasteiger partial charge in [-0.05, 0) is 30.5 Å². The lowest BCUT2D eigenvalue weighted by Gasteiger charge is -2.26. The van der Waals surface area contributed by atoms with Crippen molar-refractivity contribution in [3.63, 3.8) is 0 Å². The number of halogens is 1. The Kier molecular flexibility index (Phi) is 6.17. The van der Waals surface area contributed by atoms with Gasteiger partial charge in [-0.25, -0.2) is 0 Å². The average Bonchev–Trinajstić information content (AvgIpc) is 2.28. The molecular weight excluding hydrogens is 280 g/mol. The summed E-state index contributed by atoms with van der Waals surface area (Å²) in [7, 11) is 0. The molecule has 1 N–H and O–H groups in total. The molecule has 0 saturated carbocycles. The molecule has 96 valence electrons. The maximum absolute atomic E-state index is 10.2. The first-order valence-corrected chi connectivity index (χ1v) is 6.88. The monoisotopic (exact) mass is 300 g/mol. The molecule has 0 aromatic heterocycles. The van der Waals surface area contributed by atoms with Gasteiger partial charge in [0.2, 0.25) is 0 Å². The van der Waals surface area contributed by atoms with Crippen LogP contribution in [0.1, 0.15) is 26.3 Å². The lowest BCUT2D eigenvalue weighted by Crippen LogP contribution is -2.35. The van der Waals surface area contributed by atoms with Crippen LogP contribution in [0, 0.1) is 5.92 Å². The predicted octanol–water partition coefficient (Wildman–Crippen LogP) is 3.41. The summed E-state index contributed by atoms with van der Waals surface area (Å²) in [6.45, 7) is 6.75. The minimum Gasteiger partial charge on any atom is -0.390 e. The van der Waals surface area contributed by atoms with Crippen molar-refractivity contribution in [1.82, 2.24) is 0 Å². The molecule has 0 aliphatic carbocycles. The second kappa shape index (κ2) is 7.14. The van der Waals surface area contributed by atoms with Gasteiger partial charge < -0.3 is 9.84 Å². The average molecular weight is 301 g/mol. The lowest BCUT2D eigenvalue weighted by molar-refractivity contribution is -0.0562. The van der Waals surface area contributed by atoms with E-state index in [0.29, 0.717) is 18.9 Å². The summed E-state index contributed by atoms with van der Waals surface area (Å²) in [6, 6.07) is 8.04. The highest BCUT2D eigenvalue weighted by molar-refractivity contribution is 9.10. The molecule has 0 fully saturated rings. The van der Waals surface area contributed by atoms with Crippen molar-refractivity contribution in [1.29, 1.82) is 0 Å². The molecule has 0 spiro atoms. The molecule has 2 nitrogen and oxygen atoms in total. The van der Waals surface area contributed by atoms with E-state index < -0.39 is 6.10 Å². The highest BCUT2D eigenvalue weighted by atomic mass is 79.9. The van der Waals surface area contributed by atoms with Gasteiger partial charge in [-0.2, -0.15) is 0 Å². The molecule has 3 heteroatoms. The van der Waals surface area contributed by atoms with Crippen molar-refractivity contribution in [2.75, 3.05) is 6.61 Å². The molecule has 0 heterocycles. The van der Waals surface area contributed by atoms with Gasteiger partial charge in [-0.1, -0.05) is 41.9 Å². The van der Waals surface area contributed by atoms with Gasteiger partial charge in [0, 0.05) is 17.5 Å². The van der Waals surface area contributed by atoms with Crippen molar-refractivity contribution in [2.45, 2.75) is 39.4 Å². The Bertz CT molecular complexity index is 321. The number of hydrogen-bond donors (Lipinski definition) is 1. The lowest BCUT2D eigenvalue weighted by atomic mass is 9.96. The third-order valence-electron chi connectivity index (χ3n) is 2.75. The Hall–Kier alpha value is -0.380. The zero-order valence-corrected chi connectivity index (χ0v) is 12.3.